The van der Waals surface area contributed by atoms with Crippen LogP contribution in [0.25, 0.3) is 11.8 Å². The van der Waals surface area contributed by atoms with Gasteiger partial charge < -0.3 is 9.88 Å². The van der Waals surface area contributed by atoms with Gasteiger partial charge in [-0.15, -0.1) is 0 Å². The van der Waals surface area contributed by atoms with E-state index in [1.807, 2.05) is 81.4 Å². The van der Waals surface area contributed by atoms with Gasteiger partial charge in [-0.05, 0) is 74.9 Å². The van der Waals surface area contributed by atoms with Crippen LogP contribution in [-0.2, 0) is 9.59 Å². The summed E-state index contributed by atoms with van der Waals surface area (Å²) in [6.45, 7) is 7.40. The van der Waals surface area contributed by atoms with Gasteiger partial charge in [0, 0.05) is 29.7 Å². The quantitative estimate of drug-likeness (QED) is 0.622. The minimum absolute atomic E-state index is 0.0993. The van der Waals surface area contributed by atoms with E-state index in [4.69, 9.17) is 0 Å². The molecule has 156 valence electrons. The van der Waals surface area contributed by atoms with Crippen LogP contribution in [0.1, 0.15) is 30.8 Å². The molecule has 0 spiro atoms. The van der Waals surface area contributed by atoms with Crippen LogP contribution in [0, 0.1) is 13.8 Å². The zero-order valence-electron chi connectivity index (χ0n) is 18.0. The molecular formula is C25H24N4O2. The zero-order chi connectivity index (χ0) is 22.1. The fraction of sp³-hybridized carbons (Fsp3) is 0.160. The molecule has 2 heterocycles. The van der Waals surface area contributed by atoms with Gasteiger partial charge in [0.2, 0.25) is 5.91 Å². The predicted octanol–water partition coefficient (Wildman–Crippen LogP) is 4.86. The Bertz CT molecular complexity index is 1220. The number of carbonyl (C=O) groups excluding carboxylic acids is 2. The molecular weight excluding hydrogens is 388 g/mol. The lowest BCUT2D eigenvalue weighted by Gasteiger charge is -2.11. The molecule has 0 unspecified atom stereocenters. The molecule has 4 rings (SSSR count). The van der Waals surface area contributed by atoms with Crippen LogP contribution in [-0.4, -0.2) is 22.1 Å². The summed E-state index contributed by atoms with van der Waals surface area (Å²) >= 11 is 0. The number of hydrazone groups is 1. The monoisotopic (exact) mass is 412 g/mol. The van der Waals surface area contributed by atoms with Gasteiger partial charge in [-0.25, -0.2) is 0 Å². The summed E-state index contributed by atoms with van der Waals surface area (Å²) in [6.07, 6.45) is 1.91. The first-order chi connectivity index (χ1) is 14.8. The van der Waals surface area contributed by atoms with E-state index in [1.165, 1.54) is 11.9 Å². The fourth-order valence-electron chi connectivity index (χ4n) is 3.81. The smallest absolute Gasteiger partial charge is 0.280 e. The Labute approximate surface area is 181 Å². The topological polar surface area (TPSA) is 66.7 Å². The molecule has 0 saturated carbocycles. The molecule has 3 aromatic rings. The first-order valence-electron chi connectivity index (χ1n) is 10.1. The second kappa shape index (κ2) is 8.07. The van der Waals surface area contributed by atoms with Gasteiger partial charge in [0.25, 0.3) is 5.91 Å². The highest BCUT2D eigenvalue weighted by Gasteiger charge is 2.29. The lowest BCUT2D eigenvalue weighted by molar-refractivity contribution is -0.115. The van der Waals surface area contributed by atoms with Gasteiger partial charge in [-0.1, -0.05) is 18.2 Å². The van der Waals surface area contributed by atoms with Crippen molar-refractivity contribution < 1.29 is 9.59 Å². The van der Waals surface area contributed by atoms with E-state index in [2.05, 4.69) is 21.1 Å². The molecule has 6 heteroatoms. The summed E-state index contributed by atoms with van der Waals surface area (Å²) in [5.74, 6) is -0.231. The predicted molar refractivity (Wildman–Crippen MR) is 125 cm³/mol. The molecule has 2 amide bonds. The Morgan fingerprint density at radius 3 is 2.29 bits per heavy atom. The van der Waals surface area contributed by atoms with Crippen molar-refractivity contribution in [3.63, 3.8) is 0 Å². The number of nitrogens with one attached hydrogen (secondary N) is 1. The van der Waals surface area contributed by atoms with Crippen molar-refractivity contribution in [3.05, 3.63) is 83.2 Å². The summed E-state index contributed by atoms with van der Waals surface area (Å²) in [7, 11) is 0. The standard InChI is InChI=1S/C25H24N4O2/c1-16-14-20(18(3)28(16)22-12-10-21(11-13-22)26-19(4)30)15-24-17(2)27-29(25(24)31)23-8-6-5-7-9-23/h5-15H,1-4H3,(H,26,30)/b24-15+. The molecule has 0 fully saturated rings. The van der Waals surface area contributed by atoms with Crippen LogP contribution >= 0.6 is 0 Å². The maximum absolute atomic E-state index is 13.0. The lowest BCUT2D eigenvalue weighted by Crippen LogP contribution is -2.21. The fourth-order valence-corrected chi connectivity index (χ4v) is 3.81. The molecule has 31 heavy (non-hydrogen) atoms. The van der Waals surface area contributed by atoms with Crippen molar-refractivity contribution >= 4 is 35.0 Å². The molecule has 0 saturated heterocycles. The summed E-state index contributed by atoms with van der Waals surface area (Å²) in [5, 5.41) is 8.68. The highest BCUT2D eigenvalue weighted by atomic mass is 16.2. The molecule has 2 aromatic carbocycles. The second-order valence-corrected chi connectivity index (χ2v) is 7.59. The molecule has 0 radical (unpaired) electrons. The minimum atomic E-state index is -0.131. The maximum Gasteiger partial charge on any atom is 0.280 e. The Balaban J connectivity index is 1.66. The Hall–Kier alpha value is -3.93. The second-order valence-electron chi connectivity index (χ2n) is 7.59. The molecule has 0 bridgehead atoms. The average molecular weight is 412 g/mol. The van der Waals surface area contributed by atoms with Crippen LogP contribution in [0.4, 0.5) is 11.4 Å². The van der Waals surface area contributed by atoms with Crippen LogP contribution in [0.15, 0.2) is 71.3 Å². The van der Waals surface area contributed by atoms with E-state index < -0.39 is 0 Å². The number of rotatable bonds is 4. The highest BCUT2D eigenvalue weighted by molar-refractivity contribution is 6.32. The average Bonchev–Trinajstić information content (AvgIpc) is 3.19. The number of carbonyl (C=O) groups is 2. The van der Waals surface area contributed by atoms with Gasteiger partial charge in [0.15, 0.2) is 0 Å². The van der Waals surface area contributed by atoms with Crippen molar-refractivity contribution in [2.75, 3.05) is 10.3 Å². The van der Waals surface area contributed by atoms with Gasteiger partial charge in [0.05, 0.1) is 17.0 Å². The molecule has 1 N–H and O–H groups in total. The zero-order valence-corrected chi connectivity index (χ0v) is 18.0. The molecule has 6 nitrogen and oxygen atoms in total. The van der Waals surface area contributed by atoms with E-state index >= 15 is 0 Å². The van der Waals surface area contributed by atoms with E-state index in [-0.39, 0.29) is 11.8 Å². The van der Waals surface area contributed by atoms with Crippen molar-refractivity contribution in [2.45, 2.75) is 27.7 Å². The summed E-state index contributed by atoms with van der Waals surface area (Å²) in [4.78, 5) is 24.3. The van der Waals surface area contributed by atoms with E-state index in [9.17, 15) is 9.59 Å². The van der Waals surface area contributed by atoms with Gasteiger partial charge in [-0.2, -0.15) is 10.1 Å². The number of aryl methyl sites for hydroxylation is 1. The first kappa shape index (κ1) is 20.3. The summed E-state index contributed by atoms with van der Waals surface area (Å²) in [6, 6.07) is 19.2. The minimum Gasteiger partial charge on any atom is -0.326 e. The number of aromatic nitrogens is 1. The van der Waals surface area contributed by atoms with Crippen LogP contribution in [0.3, 0.4) is 0 Å². The van der Waals surface area contributed by atoms with Gasteiger partial charge in [0.1, 0.15) is 0 Å². The van der Waals surface area contributed by atoms with Crippen molar-refractivity contribution in [3.8, 4) is 5.69 Å². The van der Waals surface area contributed by atoms with Crippen molar-refractivity contribution in [1.29, 1.82) is 0 Å². The normalized spacial score (nSPS) is 14.8. The molecule has 1 aromatic heterocycles. The highest BCUT2D eigenvalue weighted by Crippen LogP contribution is 2.28. The number of anilines is 2. The molecule has 1 aliphatic heterocycles. The van der Waals surface area contributed by atoms with Crippen LogP contribution in [0.2, 0.25) is 0 Å². The maximum atomic E-state index is 13.0. The third kappa shape index (κ3) is 3.92. The van der Waals surface area contributed by atoms with Crippen molar-refractivity contribution in [1.82, 2.24) is 4.57 Å². The van der Waals surface area contributed by atoms with Crippen molar-refractivity contribution in [2.24, 2.45) is 5.10 Å². The number of amides is 2. The molecule has 0 atom stereocenters. The summed E-state index contributed by atoms with van der Waals surface area (Å²) < 4.78 is 2.13. The molecule has 0 aliphatic carbocycles. The SMILES string of the molecule is CC(=O)Nc1ccc(-n2c(C)cc(/C=C3/C(=O)N(c4ccccc4)N=C3C)c2C)cc1. The number of para-hydroxylation sites is 1. The third-order valence-electron chi connectivity index (χ3n) is 5.28. The van der Waals surface area contributed by atoms with Gasteiger partial charge >= 0.3 is 0 Å². The number of hydrogen-bond acceptors (Lipinski definition) is 3. The Morgan fingerprint density at radius 2 is 1.65 bits per heavy atom. The number of benzene rings is 2. The Morgan fingerprint density at radius 1 is 0.968 bits per heavy atom. The van der Waals surface area contributed by atoms with E-state index in [0.717, 1.165) is 34.0 Å². The molecule has 1 aliphatic rings. The largest absolute Gasteiger partial charge is 0.326 e. The number of nitrogens with zero attached hydrogens (tertiary/aromatic N) is 3. The van der Waals surface area contributed by atoms with Gasteiger partial charge in [-0.3, -0.25) is 9.59 Å². The van der Waals surface area contributed by atoms with E-state index in [0.29, 0.717) is 11.3 Å². The van der Waals surface area contributed by atoms with Crippen LogP contribution in [0.5, 0.6) is 0 Å². The van der Waals surface area contributed by atoms with Crippen LogP contribution < -0.4 is 10.3 Å². The summed E-state index contributed by atoms with van der Waals surface area (Å²) in [5.41, 5.74) is 6.82. The Kier molecular flexibility index (Phi) is 5.29. The van der Waals surface area contributed by atoms with E-state index in [1.54, 1.807) is 0 Å². The number of hydrogen-bond donors (Lipinski definition) is 1. The third-order valence-corrected chi connectivity index (χ3v) is 5.28. The first-order valence-corrected chi connectivity index (χ1v) is 10.1. The lowest BCUT2D eigenvalue weighted by atomic mass is 10.1.